The standard InChI is InChI=1S/C14H26N4O2S/c1-11(14(15)16-20)17-4-6-18(7-5-17)13(19)10-12-2-8-21-9-3-12/h11-12,20H,2-10H2,1H3,(H2,15,16). The first-order valence-corrected chi connectivity index (χ1v) is 8.84. The van der Waals surface area contributed by atoms with Crippen LogP contribution >= 0.6 is 11.8 Å². The monoisotopic (exact) mass is 314 g/mol. The maximum Gasteiger partial charge on any atom is 0.222 e. The van der Waals surface area contributed by atoms with Crippen molar-refractivity contribution in [2.45, 2.75) is 32.2 Å². The minimum atomic E-state index is -0.0809. The van der Waals surface area contributed by atoms with E-state index in [-0.39, 0.29) is 11.9 Å². The van der Waals surface area contributed by atoms with Crippen LogP contribution in [0.15, 0.2) is 5.16 Å². The number of piperazine rings is 1. The summed E-state index contributed by atoms with van der Waals surface area (Å²) in [5, 5.41) is 11.8. The summed E-state index contributed by atoms with van der Waals surface area (Å²) in [7, 11) is 0. The fraction of sp³-hybridized carbons (Fsp3) is 0.857. The van der Waals surface area contributed by atoms with E-state index >= 15 is 0 Å². The van der Waals surface area contributed by atoms with Crippen LogP contribution in [0.3, 0.4) is 0 Å². The summed E-state index contributed by atoms with van der Waals surface area (Å²) in [6.45, 7) is 4.96. The molecule has 0 radical (unpaired) electrons. The zero-order valence-electron chi connectivity index (χ0n) is 12.7. The van der Waals surface area contributed by atoms with Gasteiger partial charge in [0.25, 0.3) is 0 Å². The Kier molecular flexibility index (Phi) is 6.17. The van der Waals surface area contributed by atoms with Crippen LogP contribution in [0.25, 0.3) is 0 Å². The Hall–Kier alpha value is -0.950. The van der Waals surface area contributed by atoms with E-state index in [1.54, 1.807) is 0 Å². The van der Waals surface area contributed by atoms with E-state index in [1.807, 2.05) is 23.6 Å². The van der Waals surface area contributed by atoms with Crippen LogP contribution in [-0.4, -0.2) is 70.5 Å². The van der Waals surface area contributed by atoms with E-state index in [2.05, 4.69) is 10.1 Å². The van der Waals surface area contributed by atoms with E-state index in [0.717, 1.165) is 26.2 Å². The normalized spacial score (nSPS) is 24.0. The van der Waals surface area contributed by atoms with Gasteiger partial charge in [0, 0.05) is 32.6 Å². The number of nitrogens with two attached hydrogens (primary N) is 1. The molecule has 2 aliphatic rings. The first kappa shape index (κ1) is 16.4. The van der Waals surface area contributed by atoms with Crippen molar-refractivity contribution in [3.8, 4) is 0 Å². The van der Waals surface area contributed by atoms with Crippen molar-refractivity contribution in [2.24, 2.45) is 16.8 Å². The van der Waals surface area contributed by atoms with Crippen LogP contribution in [0.2, 0.25) is 0 Å². The molecule has 1 amide bonds. The predicted molar refractivity (Wildman–Crippen MR) is 85.7 cm³/mol. The molecular weight excluding hydrogens is 288 g/mol. The molecule has 1 atom stereocenters. The van der Waals surface area contributed by atoms with Crippen molar-refractivity contribution in [1.82, 2.24) is 9.80 Å². The number of hydrogen-bond donors (Lipinski definition) is 2. The number of carbonyl (C=O) groups excluding carboxylic acids is 1. The second-order valence-corrected chi connectivity index (χ2v) is 7.10. The molecule has 0 aromatic heterocycles. The quantitative estimate of drug-likeness (QED) is 0.347. The number of amidine groups is 1. The molecule has 1 unspecified atom stereocenters. The van der Waals surface area contributed by atoms with Crippen LogP contribution in [0.5, 0.6) is 0 Å². The molecule has 0 spiro atoms. The fourth-order valence-electron chi connectivity index (χ4n) is 2.96. The van der Waals surface area contributed by atoms with E-state index < -0.39 is 0 Å². The molecule has 2 fully saturated rings. The van der Waals surface area contributed by atoms with Crippen LogP contribution < -0.4 is 5.73 Å². The third-order valence-corrected chi connectivity index (χ3v) is 5.61. The summed E-state index contributed by atoms with van der Waals surface area (Å²) >= 11 is 1.99. The number of oxime groups is 1. The van der Waals surface area contributed by atoms with Crippen LogP contribution in [0.1, 0.15) is 26.2 Å². The van der Waals surface area contributed by atoms with Crippen molar-refractivity contribution in [2.75, 3.05) is 37.7 Å². The number of carbonyl (C=O) groups is 1. The first-order valence-electron chi connectivity index (χ1n) is 7.68. The molecule has 0 saturated carbocycles. The Balaban J connectivity index is 1.76. The lowest BCUT2D eigenvalue weighted by molar-refractivity contribution is -0.134. The zero-order valence-corrected chi connectivity index (χ0v) is 13.5. The van der Waals surface area contributed by atoms with Gasteiger partial charge < -0.3 is 15.8 Å². The summed E-state index contributed by atoms with van der Waals surface area (Å²) in [5.74, 6) is 3.50. The maximum absolute atomic E-state index is 12.3. The highest BCUT2D eigenvalue weighted by molar-refractivity contribution is 7.99. The minimum absolute atomic E-state index is 0.0809. The van der Waals surface area contributed by atoms with Gasteiger partial charge in [0.1, 0.15) is 0 Å². The lowest BCUT2D eigenvalue weighted by Crippen LogP contribution is -2.54. The molecule has 7 heteroatoms. The molecule has 2 heterocycles. The molecule has 0 bridgehead atoms. The number of hydrogen-bond acceptors (Lipinski definition) is 5. The summed E-state index contributed by atoms with van der Waals surface area (Å²) in [4.78, 5) is 16.5. The summed E-state index contributed by atoms with van der Waals surface area (Å²) in [6, 6.07) is -0.0809. The molecule has 2 rings (SSSR count). The van der Waals surface area contributed by atoms with E-state index in [0.29, 0.717) is 18.2 Å². The Bertz CT molecular complexity index is 377. The highest BCUT2D eigenvalue weighted by Crippen LogP contribution is 2.26. The Morgan fingerprint density at radius 3 is 2.52 bits per heavy atom. The highest BCUT2D eigenvalue weighted by atomic mass is 32.2. The van der Waals surface area contributed by atoms with Gasteiger partial charge >= 0.3 is 0 Å². The molecular formula is C14H26N4O2S. The second-order valence-electron chi connectivity index (χ2n) is 5.88. The third-order valence-electron chi connectivity index (χ3n) is 4.56. The summed E-state index contributed by atoms with van der Waals surface area (Å²) in [5.41, 5.74) is 5.64. The lowest BCUT2D eigenvalue weighted by Gasteiger charge is -2.38. The smallest absolute Gasteiger partial charge is 0.222 e. The second kappa shape index (κ2) is 7.89. The average molecular weight is 314 g/mol. The highest BCUT2D eigenvalue weighted by Gasteiger charge is 2.27. The van der Waals surface area contributed by atoms with Gasteiger partial charge in [0.05, 0.1) is 6.04 Å². The van der Waals surface area contributed by atoms with Crippen molar-refractivity contribution >= 4 is 23.5 Å². The molecule has 0 aromatic carbocycles. The van der Waals surface area contributed by atoms with Crippen molar-refractivity contribution in [1.29, 1.82) is 0 Å². The van der Waals surface area contributed by atoms with E-state index in [9.17, 15) is 4.79 Å². The zero-order chi connectivity index (χ0) is 15.2. The van der Waals surface area contributed by atoms with Crippen molar-refractivity contribution < 1.29 is 10.0 Å². The molecule has 0 aromatic rings. The van der Waals surface area contributed by atoms with Crippen molar-refractivity contribution in [3.05, 3.63) is 0 Å². The molecule has 120 valence electrons. The van der Waals surface area contributed by atoms with Gasteiger partial charge in [-0.25, -0.2) is 0 Å². The Morgan fingerprint density at radius 1 is 1.33 bits per heavy atom. The average Bonchev–Trinajstić information content (AvgIpc) is 2.54. The van der Waals surface area contributed by atoms with Gasteiger partial charge in [-0.3, -0.25) is 9.69 Å². The van der Waals surface area contributed by atoms with Gasteiger partial charge in [0.2, 0.25) is 5.91 Å². The largest absolute Gasteiger partial charge is 0.409 e. The summed E-state index contributed by atoms with van der Waals surface area (Å²) < 4.78 is 0. The molecule has 2 aliphatic heterocycles. The van der Waals surface area contributed by atoms with Crippen molar-refractivity contribution in [3.63, 3.8) is 0 Å². The summed E-state index contributed by atoms with van der Waals surface area (Å²) in [6.07, 6.45) is 3.06. The van der Waals surface area contributed by atoms with Crippen LogP contribution in [0, 0.1) is 5.92 Å². The Labute approximate surface area is 130 Å². The maximum atomic E-state index is 12.3. The fourth-order valence-corrected chi connectivity index (χ4v) is 4.16. The number of rotatable bonds is 4. The van der Waals surface area contributed by atoms with Crippen LogP contribution in [0.4, 0.5) is 0 Å². The van der Waals surface area contributed by atoms with Gasteiger partial charge in [-0.1, -0.05) is 5.16 Å². The lowest BCUT2D eigenvalue weighted by atomic mass is 9.98. The molecule has 21 heavy (non-hydrogen) atoms. The SMILES string of the molecule is CC(C(N)=NO)N1CCN(C(=O)CC2CCSCC2)CC1. The van der Waals surface area contributed by atoms with E-state index in [4.69, 9.17) is 10.9 Å². The van der Waals surface area contributed by atoms with E-state index in [1.165, 1.54) is 24.3 Å². The molecule has 6 nitrogen and oxygen atoms in total. The van der Waals surface area contributed by atoms with Gasteiger partial charge in [-0.2, -0.15) is 11.8 Å². The molecule has 3 N–H and O–H groups in total. The predicted octanol–water partition coefficient (Wildman–Crippen LogP) is 0.799. The number of thioether (sulfide) groups is 1. The number of nitrogens with zero attached hydrogens (tertiary/aromatic N) is 3. The third kappa shape index (κ3) is 4.51. The van der Waals surface area contributed by atoms with Gasteiger partial charge in [0.15, 0.2) is 5.84 Å². The minimum Gasteiger partial charge on any atom is -0.409 e. The van der Waals surface area contributed by atoms with Crippen LogP contribution in [-0.2, 0) is 4.79 Å². The number of amides is 1. The van der Waals surface area contributed by atoms with Gasteiger partial charge in [-0.05, 0) is 37.2 Å². The Morgan fingerprint density at radius 2 is 1.95 bits per heavy atom. The van der Waals surface area contributed by atoms with Gasteiger partial charge in [-0.15, -0.1) is 0 Å². The topological polar surface area (TPSA) is 82.2 Å². The first-order chi connectivity index (χ1) is 10.1. The molecule has 0 aliphatic carbocycles. The molecule has 2 saturated heterocycles.